The SMILES string of the molecule is CCNC.CN(C)N(C)Cc1cc2ccccc2n1CCC(=O)O.CN(C)N(C)Cc1cc2ccccc2n1CCC(=O)O.CNN(C)C(=O)OCC[Si](C)(C)C.CNN(C)C(=O)OCC[Si](C)(C)C.COC(=O)CCn1c(C=O)cc2ccccc21.COC(=O)CCn1c(CN(C)N(C)C)cc2ccccc21.COC(=O)CCn1c(CN(C)N(C)C)cc2ccccc21. The van der Waals surface area contributed by atoms with Crippen LogP contribution in [-0.4, -0.2) is 309 Å². The van der Waals surface area contributed by atoms with Crippen molar-refractivity contribution in [2.24, 2.45) is 0 Å². The summed E-state index contributed by atoms with van der Waals surface area (Å²) in [4.78, 5) is 88.9. The maximum atomic E-state index is 11.4. The average Bonchev–Trinajstić information content (AvgIpc) is 1.68. The highest BCUT2D eigenvalue weighted by Gasteiger charge is 2.21. The van der Waals surface area contributed by atoms with E-state index < -0.39 is 28.1 Å². The molecule has 5 heterocycles. The molecule has 0 saturated heterocycles. The summed E-state index contributed by atoms with van der Waals surface area (Å²) in [6.45, 7) is 23.5. The number of nitrogens with zero attached hydrogens (tertiary/aromatic N) is 15. The number of carbonyl (C=O) groups excluding carboxylic acids is 6. The Morgan fingerprint density at radius 2 is 0.589 bits per heavy atom. The molecular formula is C94H150N18O15Si2. The van der Waals surface area contributed by atoms with Gasteiger partial charge in [0, 0.05) is 217 Å². The van der Waals surface area contributed by atoms with Crippen molar-refractivity contribution in [1.29, 1.82) is 0 Å². The molecule has 0 aliphatic carbocycles. The zero-order valence-electron chi connectivity index (χ0n) is 81.9. The van der Waals surface area contributed by atoms with Crippen molar-refractivity contribution in [3.05, 3.63) is 180 Å². The number of aryl methyl sites for hydroxylation is 5. The van der Waals surface area contributed by atoms with E-state index in [1.165, 1.54) is 53.5 Å². The molecule has 0 unspecified atom stereocenters. The van der Waals surface area contributed by atoms with Gasteiger partial charge in [-0.25, -0.2) is 70.5 Å². The van der Waals surface area contributed by atoms with Crippen molar-refractivity contribution >= 4 is 119 Å². The molecule has 0 saturated carbocycles. The summed E-state index contributed by atoms with van der Waals surface area (Å²) in [7, 11) is 34.7. The summed E-state index contributed by atoms with van der Waals surface area (Å²) in [6.07, 6.45) is 1.46. The van der Waals surface area contributed by atoms with E-state index in [0.717, 1.165) is 106 Å². The predicted octanol–water partition coefficient (Wildman–Crippen LogP) is 13.6. The number of fused-ring (bicyclic) bond motifs is 5. The Morgan fingerprint density at radius 3 is 0.798 bits per heavy atom. The molecule has 714 valence electrons. The number of hydrogen-bond acceptors (Lipinski definition) is 24. The number of esters is 3. The van der Waals surface area contributed by atoms with Gasteiger partial charge in [0.25, 0.3) is 0 Å². The summed E-state index contributed by atoms with van der Waals surface area (Å²) in [5.74, 6) is -2.18. The van der Waals surface area contributed by atoms with Gasteiger partial charge in [-0.2, -0.15) is 0 Å². The molecule has 5 aromatic heterocycles. The number of carbonyl (C=O) groups is 8. The molecule has 0 fully saturated rings. The van der Waals surface area contributed by atoms with E-state index in [-0.39, 0.29) is 49.4 Å². The van der Waals surface area contributed by atoms with Gasteiger partial charge in [-0.15, -0.1) is 0 Å². The van der Waals surface area contributed by atoms with Crippen molar-refractivity contribution < 1.29 is 72.3 Å². The molecule has 0 atom stereocenters. The van der Waals surface area contributed by atoms with Crippen LogP contribution in [0.15, 0.2) is 152 Å². The lowest BCUT2D eigenvalue weighted by atomic mass is 10.2. The molecule has 129 heavy (non-hydrogen) atoms. The number of rotatable bonds is 37. The van der Waals surface area contributed by atoms with Gasteiger partial charge in [-0.3, -0.25) is 28.8 Å². The van der Waals surface area contributed by atoms with Crippen LogP contribution >= 0.6 is 0 Å². The number of aldehydes is 1. The van der Waals surface area contributed by atoms with Gasteiger partial charge < -0.3 is 62.0 Å². The standard InChI is InChI=1S/2C16H23N3O2.2C15H21N3O2.C13H13NO3.2C8H20N2O2Si.C3H9N/c2*1-17(2)18(3)12-14-11-13-7-5-6-8-15(13)19(14)10-9-16(20)21-4;2*1-16(2)17(3)11-13-10-12-6-4-5-7-14(12)18(13)9-8-15(19)20;1-17-13(16)6-7-14-11(9-15)8-10-4-2-3-5-12(10)14;2*1-9-10(2)8(11)12-6-7-13(3,4)5;1-3-4-2/h2*5-8,11H,9-10,12H2,1-4H3;2*4-7,10H,8-9,11H2,1-3H3,(H,19,20);2-5,8-9H,6-7H2,1H3;2*9H,6-7H2,1-5H3;4H,3H2,1-2H3. The zero-order valence-corrected chi connectivity index (χ0v) is 83.9. The second-order valence-electron chi connectivity index (χ2n) is 33.8. The van der Waals surface area contributed by atoms with Crippen molar-refractivity contribution in [3.63, 3.8) is 0 Å². The summed E-state index contributed by atoms with van der Waals surface area (Å²) in [6, 6.07) is 52.9. The number of carboxylic acid groups (broad SMARTS) is 2. The topological polar surface area (TPSA) is 316 Å². The van der Waals surface area contributed by atoms with Gasteiger partial charge >= 0.3 is 42.0 Å². The van der Waals surface area contributed by atoms with Crippen LogP contribution in [0.3, 0.4) is 0 Å². The third kappa shape index (κ3) is 40.5. The third-order valence-electron chi connectivity index (χ3n) is 21.0. The summed E-state index contributed by atoms with van der Waals surface area (Å²) >= 11 is 0. The van der Waals surface area contributed by atoms with Gasteiger partial charge in [0.05, 0.1) is 98.5 Å². The highest BCUT2D eigenvalue weighted by molar-refractivity contribution is 6.76. The largest absolute Gasteiger partial charge is 0.481 e. The smallest absolute Gasteiger partial charge is 0.423 e. The molecule has 5 N–H and O–H groups in total. The molecular weight excluding hydrogens is 1680 g/mol. The number of nitrogens with one attached hydrogen (secondary N) is 3. The minimum Gasteiger partial charge on any atom is -0.481 e. The molecule has 10 rings (SSSR count). The van der Waals surface area contributed by atoms with Crippen LogP contribution in [0.4, 0.5) is 9.59 Å². The van der Waals surface area contributed by atoms with Gasteiger partial charge in [-0.1, -0.05) is 137 Å². The number of aromatic nitrogens is 5. The quantitative estimate of drug-likeness (QED) is 0.00794. The summed E-state index contributed by atoms with van der Waals surface area (Å²) in [5.41, 5.74) is 16.0. The van der Waals surface area contributed by atoms with Gasteiger partial charge in [0.15, 0.2) is 6.29 Å². The molecule has 0 aliphatic rings. The number of methoxy groups -OCH3 is 3. The second-order valence-corrected chi connectivity index (χ2v) is 45.1. The number of ether oxygens (including phenoxy) is 5. The average molecular weight is 1830 g/mol. The lowest BCUT2D eigenvalue weighted by Gasteiger charge is -2.24. The molecule has 0 radical (unpaired) electrons. The molecule has 0 bridgehead atoms. The van der Waals surface area contributed by atoms with E-state index in [1.54, 1.807) is 28.2 Å². The normalized spacial score (nSPS) is 11.2. The number of carboxylic acids is 2. The molecule has 10 aromatic rings. The van der Waals surface area contributed by atoms with Crippen LogP contribution < -0.4 is 16.2 Å². The van der Waals surface area contributed by atoms with Crippen LogP contribution in [0.1, 0.15) is 72.3 Å². The fraction of sp³-hybridized carbons (Fsp3) is 0.489. The van der Waals surface area contributed by atoms with E-state index in [9.17, 15) is 38.4 Å². The number of para-hydroxylation sites is 5. The van der Waals surface area contributed by atoms with Crippen LogP contribution in [0, 0.1) is 0 Å². The fourth-order valence-corrected chi connectivity index (χ4v) is 13.8. The second kappa shape index (κ2) is 58.1. The predicted molar refractivity (Wildman–Crippen MR) is 522 cm³/mol. The van der Waals surface area contributed by atoms with E-state index in [1.807, 2.05) is 207 Å². The zero-order chi connectivity index (χ0) is 96.8. The number of benzene rings is 5. The lowest BCUT2D eigenvalue weighted by Crippen LogP contribution is -2.37. The maximum Gasteiger partial charge on any atom is 0.423 e. The molecule has 35 heteroatoms. The Labute approximate surface area is 766 Å². The van der Waals surface area contributed by atoms with E-state index >= 15 is 0 Å². The van der Waals surface area contributed by atoms with Gasteiger partial charge in [0.2, 0.25) is 0 Å². The van der Waals surface area contributed by atoms with Crippen molar-refractivity contribution in [3.8, 4) is 0 Å². The van der Waals surface area contributed by atoms with Gasteiger partial charge in [-0.05, 0) is 108 Å². The number of hydrazine groups is 6. The fourth-order valence-electron chi connectivity index (χ4n) is 12.3. The first-order valence-electron chi connectivity index (χ1n) is 43.2. The van der Waals surface area contributed by atoms with Crippen LogP contribution in [0.5, 0.6) is 0 Å². The minimum absolute atomic E-state index is 0.136. The molecule has 0 spiro atoms. The van der Waals surface area contributed by atoms with E-state index in [4.69, 9.17) is 29.2 Å². The Balaban J connectivity index is 0.000000388. The van der Waals surface area contributed by atoms with E-state index in [2.05, 4.69) is 166 Å². The van der Waals surface area contributed by atoms with Crippen molar-refractivity contribution in [1.82, 2.24) is 89.1 Å². The third-order valence-corrected chi connectivity index (χ3v) is 24.4. The van der Waals surface area contributed by atoms with Crippen LogP contribution in [0.25, 0.3) is 54.5 Å². The lowest BCUT2D eigenvalue weighted by molar-refractivity contribution is -0.141. The number of amides is 2. The first kappa shape index (κ1) is 113. The molecule has 5 aromatic carbocycles. The Bertz CT molecular complexity index is 4790. The minimum atomic E-state index is -1.09. The highest BCUT2D eigenvalue weighted by atomic mass is 28.3. The van der Waals surface area contributed by atoms with Gasteiger partial charge in [0.1, 0.15) is 0 Å². The van der Waals surface area contributed by atoms with Crippen molar-refractivity contribution in [2.45, 2.75) is 149 Å². The summed E-state index contributed by atoms with van der Waals surface area (Å²) in [5, 5.41) is 45.7. The summed E-state index contributed by atoms with van der Waals surface area (Å²) < 4.78 is 34.6. The van der Waals surface area contributed by atoms with Crippen molar-refractivity contribution in [2.75, 3.05) is 161 Å². The number of aliphatic carboxylic acids is 2. The molecule has 2 amide bonds. The molecule has 0 aliphatic heterocycles. The van der Waals surface area contributed by atoms with E-state index in [0.29, 0.717) is 64.5 Å². The van der Waals surface area contributed by atoms with Crippen LogP contribution in [0.2, 0.25) is 51.4 Å². The Hall–Kier alpha value is -10.6. The maximum absolute atomic E-state index is 11.4. The highest BCUT2D eigenvalue weighted by Crippen LogP contribution is 2.27. The van der Waals surface area contributed by atoms with Crippen LogP contribution in [-0.2, 0) is 107 Å². The first-order valence-corrected chi connectivity index (χ1v) is 50.6. The first-order chi connectivity index (χ1) is 60.9. The monoisotopic (exact) mass is 1830 g/mol. The Kier molecular flexibility index (Phi) is 50.7. The molecule has 33 nitrogen and oxygen atoms in total. The number of hydrogen-bond donors (Lipinski definition) is 5. The Morgan fingerprint density at radius 1 is 0.364 bits per heavy atom.